The molecule has 1 saturated heterocycles. The summed E-state index contributed by atoms with van der Waals surface area (Å²) in [5.41, 5.74) is 2.11. The van der Waals surface area contributed by atoms with Gasteiger partial charge in [0, 0.05) is 6.20 Å². The second-order valence-electron chi connectivity index (χ2n) is 6.72. The fraction of sp³-hybridized carbons (Fsp3) is 0.444. The third-order valence-corrected chi connectivity index (χ3v) is 4.65. The number of amides is 1. The first-order valence-electron chi connectivity index (χ1n) is 8.31. The van der Waals surface area contributed by atoms with E-state index in [0.717, 1.165) is 22.7 Å². The molecule has 2 aromatic rings. The average Bonchev–Trinajstić information content (AvgIpc) is 3.07. The fourth-order valence-corrected chi connectivity index (χ4v) is 3.28. The van der Waals surface area contributed by atoms with Crippen LogP contribution in [-0.2, 0) is 11.3 Å². The number of carbonyl (C=O) groups excluding carboxylic acids is 1. The van der Waals surface area contributed by atoms with Crippen LogP contribution in [0.5, 0.6) is 5.75 Å². The maximum absolute atomic E-state index is 12.2. The van der Waals surface area contributed by atoms with Gasteiger partial charge < -0.3 is 14.0 Å². The topological polar surface area (TPSA) is 56.6 Å². The van der Waals surface area contributed by atoms with Gasteiger partial charge >= 0.3 is 6.09 Å². The van der Waals surface area contributed by atoms with Crippen LogP contribution < -0.4 is 9.64 Å². The van der Waals surface area contributed by atoms with Gasteiger partial charge in [-0.3, -0.25) is 4.90 Å². The van der Waals surface area contributed by atoms with Gasteiger partial charge in [-0.05, 0) is 30.5 Å². The monoisotopic (exact) mass is 327 g/mol. The number of aromatic nitrogens is 2. The molecule has 126 valence electrons. The van der Waals surface area contributed by atoms with Crippen molar-refractivity contribution in [1.29, 1.82) is 0 Å². The van der Waals surface area contributed by atoms with Crippen LogP contribution in [0.2, 0.25) is 0 Å². The van der Waals surface area contributed by atoms with Crippen molar-refractivity contribution in [2.24, 2.45) is 5.92 Å². The number of aryl methyl sites for hydroxylation is 1. The van der Waals surface area contributed by atoms with Crippen molar-refractivity contribution in [3.8, 4) is 17.1 Å². The van der Waals surface area contributed by atoms with Crippen molar-refractivity contribution in [2.75, 3.05) is 18.1 Å². The van der Waals surface area contributed by atoms with E-state index in [2.05, 4.69) is 18.4 Å². The van der Waals surface area contributed by atoms with E-state index in [1.54, 1.807) is 4.90 Å². The highest BCUT2D eigenvalue weighted by Gasteiger charge is 2.38. The SMILES string of the molecule is Cc1ccc2c(c1)OCCn1cc(N3C(=O)OCC3C(C)C)nc1-2. The van der Waals surface area contributed by atoms with Gasteiger partial charge in [0.25, 0.3) is 0 Å². The van der Waals surface area contributed by atoms with Crippen LogP contribution in [0.4, 0.5) is 10.6 Å². The number of rotatable bonds is 2. The number of imidazole rings is 1. The Morgan fingerprint density at radius 1 is 1.29 bits per heavy atom. The van der Waals surface area contributed by atoms with Crippen LogP contribution in [0.25, 0.3) is 11.4 Å². The Bertz CT molecular complexity index is 797. The van der Waals surface area contributed by atoms with Gasteiger partial charge in [0.1, 0.15) is 24.8 Å². The van der Waals surface area contributed by atoms with Crippen molar-refractivity contribution in [1.82, 2.24) is 9.55 Å². The molecule has 1 unspecified atom stereocenters. The molecule has 24 heavy (non-hydrogen) atoms. The predicted octanol–water partition coefficient (Wildman–Crippen LogP) is 3.23. The zero-order valence-electron chi connectivity index (χ0n) is 14.2. The van der Waals surface area contributed by atoms with Gasteiger partial charge in [-0.15, -0.1) is 0 Å². The number of carbonyl (C=O) groups is 1. The van der Waals surface area contributed by atoms with Gasteiger partial charge in [0.15, 0.2) is 5.82 Å². The first-order valence-corrected chi connectivity index (χ1v) is 8.31. The smallest absolute Gasteiger partial charge is 0.415 e. The summed E-state index contributed by atoms with van der Waals surface area (Å²) in [6.45, 7) is 7.92. The molecule has 0 radical (unpaired) electrons. The van der Waals surface area contributed by atoms with Crippen molar-refractivity contribution in [2.45, 2.75) is 33.4 Å². The largest absolute Gasteiger partial charge is 0.491 e. The maximum Gasteiger partial charge on any atom is 0.415 e. The first kappa shape index (κ1) is 15.1. The summed E-state index contributed by atoms with van der Waals surface area (Å²) in [6.07, 6.45) is 1.61. The van der Waals surface area contributed by atoms with E-state index in [1.807, 2.05) is 31.3 Å². The normalized spacial score (nSPS) is 19.6. The Hall–Kier alpha value is -2.50. The van der Waals surface area contributed by atoms with Crippen LogP contribution >= 0.6 is 0 Å². The van der Waals surface area contributed by atoms with Crippen molar-refractivity contribution in [3.63, 3.8) is 0 Å². The molecule has 2 aliphatic heterocycles. The van der Waals surface area contributed by atoms with E-state index in [4.69, 9.17) is 14.5 Å². The number of cyclic esters (lactones) is 1. The number of hydrogen-bond acceptors (Lipinski definition) is 4. The lowest BCUT2D eigenvalue weighted by Crippen LogP contribution is -2.37. The number of nitrogens with zero attached hydrogens (tertiary/aromatic N) is 3. The minimum absolute atomic E-state index is 0.0189. The quantitative estimate of drug-likeness (QED) is 0.850. The molecule has 1 amide bonds. The number of ether oxygens (including phenoxy) is 2. The Balaban J connectivity index is 1.79. The Labute approximate surface area is 141 Å². The lowest BCUT2D eigenvalue weighted by Gasteiger charge is -2.21. The zero-order valence-corrected chi connectivity index (χ0v) is 14.2. The van der Waals surface area contributed by atoms with Gasteiger partial charge in [0.2, 0.25) is 0 Å². The van der Waals surface area contributed by atoms with E-state index in [-0.39, 0.29) is 12.1 Å². The molecule has 1 atom stereocenters. The number of anilines is 1. The summed E-state index contributed by atoms with van der Waals surface area (Å²) in [5.74, 6) is 2.63. The second-order valence-corrected chi connectivity index (χ2v) is 6.72. The summed E-state index contributed by atoms with van der Waals surface area (Å²) in [4.78, 5) is 18.6. The van der Waals surface area contributed by atoms with E-state index < -0.39 is 0 Å². The standard InChI is InChI=1S/C18H21N3O3/c1-11(2)14-10-24-18(22)21(14)16-9-20-6-7-23-15-8-12(3)4-5-13(15)17(20)19-16/h4-5,8-9,11,14H,6-7,10H2,1-3H3. The Kier molecular flexibility index (Phi) is 3.48. The van der Waals surface area contributed by atoms with Crippen LogP contribution in [-0.4, -0.2) is 34.9 Å². The summed E-state index contributed by atoms with van der Waals surface area (Å²) < 4.78 is 13.2. The molecular formula is C18H21N3O3. The molecule has 1 fully saturated rings. The maximum atomic E-state index is 12.2. The summed E-state index contributed by atoms with van der Waals surface area (Å²) in [6, 6.07) is 6.12. The van der Waals surface area contributed by atoms with Crippen molar-refractivity contribution < 1.29 is 14.3 Å². The van der Waals surface area contributed by atoms with Crippen LogP contribution in [0.15, 0.2) is 24.4 Å². The number of fused-ring (bicyclic) bond motifs is 3. The first-order chi connectivity index (χ1) is 11.5. The molecule has 1 aromatic carbocycles. The van der Waals surface area contributed by atoms with E-state index in [1.165, 1.54) is 0 Å². The van der Waals surface area contributed by atoms with Gasteiger partial charge in [-0.1, -0.05) is 19.9 Å². The van der Waals surface area contributed by atoms with Gasteiger partial charge in [0.05, 0.1) is 18.2 Å². The molecule has 6 nitrogen and oxygen atoms in total. The van der Waals surface area contributed by atoms with Gasteiger partial charge in [-0.2, -0.15) is 0 Å². The van der Waals surface area contributed by atoms with E-state index >= 15 is 0 Å². The predicted molar refractivity (Wildman–Crippen MR) is 90.3 cm³/mol. The highest BCUT2D eigenvalue weighted by molar-refractivity contribution is 5.89. The highest BCUT2D eigenvalue weighted by atomic mass is 16.6. The molecule has 1 aromatic heterocycles. The summed E-state index contributed by atoms with van der Waals surface area (Å²) in [7, 11) is 0. The minimum Gasteiger partial charge on any atom is -0.491 e. The molecule has 2 aliphatic rings. The molecule has 0 N–H and O–H groups in total. The second kappa shape index (κ2) is 5.54. The van der Waals surface area contributed by atoms with Gasteiger partial charge in [-0.25, -0.2) is 9.78 Å². The highest BCUT2D eigenvalue weighted by Crippen LogP contribution is 2.35. The van der Waals surface area contributed by atoms with Crippen LogP contribution in [0.1, 0.15) is 19.4 Å². The van der Waals surface area contributed by atoms with Crippen LogP contribution in [0, 0.1) is 12.8 Å². The van der Waals surface area contributed by atoms with Crippen LogP contribution in [0.3, 0.4) is 0 Å². The third kappa shape index (κ3) is 2.33. The lowest BCUT2D eigenvalue weighted by molar-refractivity contribution is 0.177. The summed E-state index contributed by atoms with van der Waals surface area (Å²) in [5, 5.41) is 0. The van der Waals surface area contributed by atoms with Crippen molar-refractivity contribution in [3.05, 3.63) is 30.0 Å². The summed E-state index contributed by atoms with van der Waals surface area (Å²) >= 11 is 0. The Morgan fingerprint density at radius 3 is 2.92 bits per heavy atom. The van der Waals surface area contributed by atoms with Crippen molar-refractivity contribution >= 4 is 11.9 Å². The third-order valence-electron chi connectivity index (χ3n) is 4.65. The number of hydrogen-bond donors (Lipinski definition) is 0. The molecule has 0 aliphatic carbocycles. The number of benzene rings is 1. The van der Waals surface area contributed by atoms with E-state index in [0.29, 0.717) is 31.5 Å². The molecular weight excluding hydrogens is 306 g/mol. The molecule has 0 bridgehead atoms. The fourth-order valence-electron chi connectivity index (χ4n) is 3.28. The van der Waals surface area contributed by atoms with E-state index in [9.17, 15) is 4.79 Å². The molecule has 4 rings (SSSR count). The minimum atomic E-state index is -0.317. The molecule has 0 saturated carbocycles. The molecule has 6 heteroatoms. The Morgan fingerprint density at radius 2 is 2.12 bits per heavy atom. The lowest BCUT2D eigenvalue weighted by atomic mass is 10.1. The molecule has 0 spiro atoms. The zero-order chi connectivity index (χ0) is 16.8. The average molecular weight is 327 g/mol. The molecule has 3 heterocycles.